The number of rotatable bonds is 2. The Morgan fingerprint density at radius 2 is 2.22 bits per heavy atom. The van der Waals surface area contributed by atoms with Crippen molar-refractivity contribution in [2.45, 2.75) is 12.8 Å². The molecule has 0 saturated carbocycles. The molecule has 1 aliphatic rings. The van der Waals surface area contributed by atoms with Crippen molar-refractivity contribution in [3.8, 4) is 0 Å². The molecule has 1 saturated heterocycles. The number of hydrogen-bond donors (Lipinski definition) is 1. The van der Waals surface area contributed by atoms with Gasteiger partial charge in [0.05, 0.1) is 10.9 Å². The van der Waals surface area contributed by atoms with E-state index in [4.69, 9.17) is 0 Å². The summed E-state index contributed by atoms with van der Waals surface area (Å²) in [4.78, 5) is 14.0. The molecule has 3 nitrogen and oxygen atoms in total. The highest BCUT2D eigenvalue weighted by molar-refractivity contribution is 9.10. The van der Waals surface area contributed by atoms with E-state index in [1.54, 1.807) is 12.1 Å². The van der Waals surface area contributed by atoms with Crippen LogP contribution in [0, 0.1) is 5.82 Å². The summed E-state index contributed by atoms with van der Waals surface area (Å²) in [5.41, 5.74) is 0.838. The van der Waals surface area contributed by atoms with E-state index in [0.717, 1.165) is 38.2 Å². The molecule has 1 fully saturated rings. The van der Waals surface area contributed by atoms with E-state index in [2.05, 4.69) is 21.2 Å². The summed E-state index contributed by atoms with van der Waals surface area (Å²) in [6.07, 6.45) is 1.32. The van der Waals surface area contributed by atoms with Gasteiger partial charge in [-0.25, -0.2) is 4.39 Å². The average molecular weight is 315 g/mol. The van der Waals surface area contributed by atoms with Crippen molar-refractivity contribution >= 4 is 21.8 Å². The number of carbonyl (C=O) groups is 1. The second-order valence-corrected chi connectivity index (χ2v) is 5.26. The highest BCUT2D eigenvalue weighted by Gasteiger charge is 2.15. The fraction of sp³-hybridized carbons (Fsp3) is 0.462. The van der Waals surface area contributed by atoms with Gasteiger partial charge in [-0.15, -0.1) is 0 Å². The zero-order valence-corrected chi connectivity index (χ0v) is 11.7. The molecule has 98 valence electrons. The first-order valence-electron chi connectivity index (χ1n) is 6.09. The summed E-state index contributed by atoms with van der Waals surface area (Å²) >= 11 is 3.13. The smallest absolute Gasteiger partial charge is 0.227 e. The summed E-state index contributed by atoms with van der Waals surface area (Å²) in [5, 5.41) is 3.26. The van der Waals surface area contributed by atoms with Crippen LogP contribution in [0.4, 0.5) is 4.39 Å². The van der Waals surface area contributed by atoms with E-state index in [1.807, 2.05) is 4.90 Å². The van der Waals surface area contributed by atoms with Crippen LogP contribution in [-0.2, 0) is 11.2 Å². The molecule has 1 amide bonds. The van der Waals surface area contributed by atoms with E-state index in [1.165, 1.54) is 6.07 Å². The van der Waals surface area contributed by atoms with E-state index in [9.17, 15) is 9.18 Å². The summed E-state index contributed by atoms with van der Waals surface area (Å²) in [7, 11) is 0. The van der Waals surface area contributed by atoms with Gasteiger partial charge >= 0.3 is 0 Å². The molecular weight excluding hydrogens is 299 g/mol. The lowest BCUT2D eigenvalue weighted by Gasteiger charge is -2.20. The lowest BCUT2D eigenvalue weighted by Crippen LogP contribution is -2.35. The predicted octanol–water partition coefficient (Wildman–Crippen LogP) is 1.95. The molecule has 0 unspecified atom stereocenters. The minimum atomic E-state index is -0.301. The number of carbonyl (C=O) groups excluding carboxylic acids is 1. The quantitative estimate of drug-likeness (QED) is 0.905. The van der Waals surface area contributed by atoms with Gasteiger partial charge in [-0.05, 0) is 46.6 Å². The van der Waals surface area contributed by atoms with Gasteiger partial charge in [0.25, 0.3) is 0 Å². The molecule has 0 spiro atoms. The van der Waals surface area contributed by atoms with Crippen molar-refractivity contribution in [1.82, 2.24) is 10.2 Å². The predicted molar refractivity (Wildman–Crippen MR) is 71.9 cm³/mol. The van der Waals surface area contributed by atoms with Crippen LogP contribution in [0.3, 0.4) is 0 Å². The van der Waals surface area contributed by atoms with E-state index in [-0.39, 0.29) is 11.7 Å². The third kappa shape index (κ3) is 3.53. The molecule has 0 bridgehead atoms. The van der Waals surface area contributed by atoms with Gasteiger partial charge in [0.1, 0.15) is 5.82 Å². The fourth-order valence-electron chi connectivity index (χ4n) is 2.03. The number of benzene rings is 1. The number of halogens is 2. The number of nitrogens with zero attached hydrogens (tertiary/aromatic N) is 1. The molecule has 1 aromatic carbocycles. The Balaban J connectivity index is 1.99. The molecule has 1 N–H and O–H groups in total. The molecular formula is C13H16BrFN2O. The van der Waals surface area contributed by atoms with E-state index >= 15 is 0 Å². The average Bonchev–Trinajstić information content (AvgIpc) is 2.62. The van der Waals surface area contributed by atoms with Crippen LogP contribution in [0.5, 0.6) is 0 Å². The number of hydrogen-bond acceptors (Lipinski definition) is 2. The third-order valence-corrected chi connectivity index (χ3v) is 3.64. The molecule has 1 aromatic rings. The Hall–Kier alpha value is -0.940. The van der Waals surface area contributed by atoms with Crippen LogP contribution in [0.25, 0.3) is 0 Å². The molecule has 1 heterocycles. The Morgan fingerprint density at radius 1 is 1.39 bits per heavy atom. The largest absolute Gasteiger partial charge is 0.341 e. The molecule has 0 aliphatic carbocycles. The lowest BCUT2D eigenvalue weighted by molar-refractivity contribution is -0.130. The second-order valence-electron chi connectivity index (χ2n) is 4.41. The van der Waals surface area contributed by atoms with Crippen molar-refractivity contribution in [2.24, 2.45) is 0 Å². The maximum atomic E-state index is 13.1. The molecule has 0 atom stereocenters. The number of nitrogens with one attached hydrogen (secondary N) is 1. The first-order valence-corrected chi connectivity index (χ1v) is 6.88. The third-order valence-electron chi connectivity index (χ3n) is 3.03. The maximum absolute atomic E-state index is 13.1. The Labute approximate surface area is 114 Å². The minimum absolute atomic E-state index is 0.109. The van der Waals surface area contributed by atoms with Gasteiger partial charge in [0.2, 0.25) is 5.91 Å². The van der Waals surface area contributed by atoms with Gasteiger partial charge in [0, 0.05) is 19.6 Å². The molecule has 18 heavy (non-hydrogen) atoms. The molecule has 0 radical (unpaired) electrons. The standard InChI is InChI=1S/C13H16BrFN2O/c14-11-8-10(2-3-12(11)15)9-13(18)17-6-1-4-16-5-7-17/h2-3,8,16H,1,4-7,9H2. The first kappa shape index (κ1) is 13.5. The topological polar surface area (TPSA) is 32.3 Å². The van der Waals surface area contributed by atoms with E-state index in [0.29, 0.717) is 10.9 Å². The normalized spacial score (nSPS) is 16.4. The minimum Gasteiger partial charge on any atom is -0.341 e. The van der Waals surface area contributed by atoms with Crippen molar-refractivity contribution in [1.29, 1.82) is 0 Å². The van der Waals surface area contributed by atoms with Gasteiger partial charge in [-0.2, -0.15) is 0 Å². The fourth-order valence-corrected chi connectivity index (χ4v) is 2.46. The van der Waals surface area contributed by atoms with Crippen LogP contribution in [0.15, 0.2) is 22.7 Å². The van der Waals surface area contributed by atoms with Crippen molar-refractivity contribution in [2.75, 3.05) is 26.2 Å². The van der Waals surface area contributed by atoms with E-state index < -0.39 is 0 Å². The van der Waals surface area contributed by atoms with Crippen molar-refractivity contribution < 1.29 is 9.18 Å². The van der Waals surface area contributed by atoms with Crippen LogP contribution < -0.4 is 5.32 Å². The zero-order chi connectivity index (χ0) is 13.0. The maximum Gasteiger partial charge on any atom is 0.227 e. The van der Waals surface area contributed by atoms with Crippen molar-refractivity contribution in [3.05, 3.63) is 34.1 Å². The van der Waals surface area contributed by atoms with Crippen LogP contribution in [0.1, 0.15) is 12.0 Å². The Morgan fingerprint density at radius 3 is 3.00 bits per heavy atom. The highest BCUT2D eigenvalue weighted by Crippen LogP contribution is 2.17. The Kier molecular flexibility index (Phi) is 4.72. The summed E-state index contributed by atoms with van der Waals surface area (Å²) in [6, 6.07) is 4.72. The molecule has 0 aromatic heterocycles. The second kappa shape index (κ2) is 6.29. The molecule has 2 rings (SSSR count). The van der Waals surface area contributed by atoms with Crippen molar-refractivity contribution in [3.63, 3.8) is 0 Å². The monoisotopic (exact) mass is 314 g/mol. The SMILES string of the molecule is O=C(Cc1ccc(F)c(Br)c1)N1CCCNCC1. The lowest BCUT2D eigenvalue weighted by atomic mass is 10.1. The Bertz CT molecular complexity index is 431. The summed E-state index contributed by atoms with van der Waals surface area (Å²) in [5.74, 6) is -0.192. The van der Waals surface area contributed by atoms with Crippen LogP contribution in [0.2, 0.25) is 0 Å². The zero-order valence-electron chi connectivity index (χ0n) is 10.1. The van der Waals surface area contributed by atoms with Gasteiger partial charge < -0.3 is 10.2 Å². The number of amides is 1. The molecule has 1 aliphatic heterocycles. The van der Waals surface area contributed by atoms with Gasteiger partial charge in [-0.3, -0.25) is 4.79 Å². The highest BCUT2D eigenvalue weighted by atomic mass is 79.9. The summed E-state index contributed by atoms with van der Waals surface area (Å²) < 4.78 is 13.5. The van der Waals surface area contributed by atoms with Crippen LogP contribution in [-0.4, -0.2) is 37.0 Å². The van der Waals surface area contributed by atoms with Gasteiger partial charge in [0.15, 0.2) is 0 Å². The van der Waals surface area contributed by atoms with Gasteiger partial charge in [-0.1, -0.05) is 6.07 Å². The first-order chi connectivity index (χ1) is 8.66. The van der Waals surface area contributed by atoms with Crippen LogP contribution >= 0.6 is 15.9 Å². The molecule has 5 heteroatoms. The summed E-state index contributed by atoms with van der Waals surface area (Å²) in [6.45, 7) is 3.36.